The highest BCUT2D eigenvalue weighted by molar-refractivity contribution is 4.78. The molecule has 1 atom stereocenters. The lowest BCUT2D eigenvalue weighted by atomic mass is 10.2. The quantitative estimate of drug-likeness (QED) is 0.627. The molecule has 1 fully saturated rings. The summed E-state index contributed by atoms with van der Waals surface area (Å²) in [5.41, 5.74) is 0. The fourth-order valence-corrected chi connectivity index (χ4v) is 2.08. The SMILES string of the molecule is CCN(CCC(CO)NC(C)C)CC1CC1. The van der Waals surface area contributed by atoms with Crippen LogP contribution in [-0.2, 0) is 0 Å². The molecule has 3 heteroatoms. The monoisotopic (exact) mass is 228 g/mol. The number of rotatable bonds is 9. The normalized spacial score (nSPS) is 18.4. The van der Waals surface area contributed by atoms with Gasteiger partial charge in [-0.25, -0.2) is 0 Å². The molecule has 0 aliphatic heterocycles. The van der Waals surface area contributed by atoms with Gasteiger partial charge in [0.2, 0.25) is 0 Å². The summed E-state index contributed by atoms with van der Waals surface area (Å²) in [6, 6.07) is 0.712. The Labute approximate surface area is 100 Å². The molecule has 0 spiro atoms. The second-order valence-electron chi connectivity index (χ2n) is 5.33. The lowest BCUT2D eigenvalue weighted by Crippen LogP contribution is -2.40. The third kappa shape index (κ3) is 5.83. The molecule has 1 aliphatic rings. The fraction of sp³-hybridized carbons (Fsp3) is 1.00. The lowest BCUT2D eigenvalue weighted by molar-refractivity contribution is 0.200. The summed E-state index contributed by atoms with van der Waals surface area (Å²) in [6.45, 7) is 10.2. The maximum atomic E-state index is 9.27. The Morgan fingerprint density at radius 2 is 2.06 bits per heavy atom. The van der Waals surface area contributed by atoms with Gasteiger partial charge in [-0.15, -0.1) is 0 Å². The van der Waals surface area contributed by atoms with Gasteiger partial charge in [0.1, 0.15) is 0 Å². The molecule has 0 aromatic carbocycles. The van der Waals surface area contributed by atoms with Gasteiger partial charge in [-0.05, 0) is 38.3 Å². The minimum atomic E-state index is 0.249. The van der Waals surface area contributed by atoms with Gasteiger partial charge in [-0.1, -0.05) is 20.8 Å². The zero-order valence-electron chi connectivity index (χ0n) is 11.1. The highest BCUT2D eigenvalue weighted by atomic mass is 16.3. The van der Waals surface area contributed by atoms with Crippen molar-refractivity contribution in [3.05, 3.63) is 0 Å². The number of aliphatic hydroxyl groups excluding tert-OH is 1. The van der Waals surface area contributed by atoms with Crippen LogP contribution < -0.4 is 5.32 Å². The number of aliphatic hydroxyl groups is 1. The highest BCUT2D eigenvalue weighted by Crippen LogP contribution is 2.29. The van der Waals surface area contributed by atoms with E-state index >= 15 is 0 Å². The Morgan fingerprint density at radius 3 is 2.50 bits per heavy atom. The molecule has 0 heterocycles. The first-order valence-electron chi connectivity index (χ1n) is 6.75. The van der Waals surface area contributed by atoms with Gasteiger partial charge in [-0.3, -0.25) is 0 Å². The van der Waals surface area contributed by atoms with E-state index in [-0.39, 0.29) is 12.6 Å². The average Bonchev–Trinajstić information content (AvgIpc) is 3.05. The van der Waals surface area contributed by atoms with Crippen LogP contribution in [0.4, 0.5) is 0 Å². The molecule has 1 saturated carbocycles. The molecule has 3 nitrogen and oxygen atoms in total. The molecule has 0 radical (unpaired) electrons. The van der Waals surface area contributed by atoms with Gasteiger partial charge in [0, 0.05) is 18.6 Å². The highest BCUT2D eigenvalue weighted by Gasteiger charge is 2.23. The molecule has 1 aliphatic carbocycles. The second-order valence-corrected chi connectivity index (χ2v) is 5.33. The Hall–Kier alpha value is -0.120. The van der Waals surface area contributed by atoms with E-state index in [1.807, 2.05) is 0 Å². The van der Waals surface area contributed by atoms with Crippen LogP contribution in [-0.4, -0.2) is 48.3 Å². The standard InChI is InChI=1S/C13H28N2O/c1-4-15(9-12-5-6-12)8-7-13(10-16)14-11(2)3/h11-14,16H,4-10H2,1-3H3. The molecule has 0 aromatic rings. The maximum Gasteiger partial charge on any atom is 0.0585 e. The minimum Gasteiger partial charge on any atom is -0.395 e. The summed E-state index contributed by atoms with van der Waals surface area (Å²) in [5, 5.41) is 12.7. The minimum absolute atomic E-state index is 0.249. The smallest absolute Gasteiger partial charge is 0.0585 e. The Bertz CT molecular complexity index is 169. The van der Waals surface area contributed by atoms with E-state index in [0.29, 0.717) is 6.04 Å². The zero-order valence-corrected chi connectivity index (χ0v) is 11.1. The van der Waals surface area contributed by atoms with Crippen molar-refractivity contribution in [2.45, 2.75) is 52.1 Å². The predicted molar refractivity (Wildman–Crippen MR) is 68.6 cm³/mol. The summed E-state index contributed by atoms with van der Waals surface area (Å²) in [4.78, 5) is 2.52. The number of hydrogen-bond acceptors (Lipinski definition) is 3. The third-order valence-corrected chi connectivity index (χ3v) is 3.24. The van der Waals surface area contributed by atoms with E-state index in [2.05, 4.69) is 31.0 Å². The topological polar surface area (TPSA) is 35.5 Å². The van der Waals surface area contributed by atoms with Crippen LogP contribution in [0.15, 0.2) is 0 Å². The van der Waals surface area contributed by atoms with E-state index in [1.54, 1.807) is 0 Å². The number of hydrogen-bond donors (Lipinski definition) is 2. The van der Waals surface area contributed by atoms with Crippen molar-refractivity contribution in [3.8, 4) is 0 Å². The largest absolute Gasteiger partial charge is 0.395 e. The molecule has 1 unspecified atom stereocenters. The summed E-state index contributed by atoms with van der Waals surface area (Å²) in [6.07, 6.45) is 3.89. The third-order valence-electron chi connectivity index (χ3n) is 3.24. The summed E-state index contributed by atoms with van der Waals surface area (Å²) >= 11 is 0. The molecular weight excluding hydrogens is 200 g/mol. The van der Waals surface area contributed by atoms with Crippen molar-refractivity contribution in [2.24, 2.45) is 5.92 Å². The van der Waals surface area contributed by atoms with Crippen LogP contribution in [0.2, 0.25) is 0 Å². The first-order valence-corrected chi connectivity index (χ1v) is 6.75. The van der Waals surface area contributed by atoms with Gasteiger partial charge in [0.05, 0.1) is 6.61 Å². The van der Waals surface area contributed by atoms with E-state index in [9.17, 15) is 5.11 Å². The van der Waals surface area contributed by atoms with Gasteiger partial charge >= 0.3 is 0 Å². The molecule has 0 saturated heterocycles. The van der Waals surface area contributed by atoms with Crippen LogP contribution in [0.5, 0.6) is 0 Å². The van der Waals surface area contributed by atoms with Crippen LogP contribution in [0.1, 0.15) is 40.0 Å². The zero-order chi connectivity index (χ0) is 12.0. The Balaban J connectivity index is 2.17. The van der Waals surface area contributed by atoms with E-state index in [1.165, 1.54) is 19.4 Å². The van der Waals surface area contributed by atoms with E-state index < -0.39 is 0 Å². The predicted octanol–water partition coefficient (Wildman–Crippen LogP) is 1.47. The summed E-state index contributed by atoms with van der Waals surface area (Å²) in [7, 11) is 0. The fourth-order valence-electron chi connectivity index (χ4n) is 2.08. The first kappa shape index (κ1) is 13.9. The van der Waals surface area contributed by atoms with Crippen LogP contribution in [0, 0.1) is 5.92 Å². The van der Waals surface area contributed by atoms with Crippen molar-refractivity contribution in [1.29, 1.82) is 0 Å². The van der Waals surface area contributed by atoms with Gasteiger partial charge in [0.15, 0.2) is 0 Å². The van der Waals surface area contributed by atoms with Gasteiger partial charge in [0.25, 0.3) is 0 Å². The average molecular weight is 228 g/mol. The molecule has 2 N–H and O–H groups in total. The Morgan fingerprint density at radius 1 is 1.38 bits per heavy atom. The molecule has 96 valence electrons. The summed E-state index contributed by atoms with van der Waals surface area (Å²) < 4.78 is 0. The number of nitrogens with one attached hydrogen (secondary N) is 1. The summed E-state index contributed by atoms with van der Waals surface area (Å²) in [5.74, 6) is 0.964. The van der Waals surface area contributed by atoms with Crippen molar-refractivity contribution in [1.82, 2.24) is 10.2 Å². The molecular formula is C13H28N2O. The molecule has 0 amide bonds. The van der Waals surface area contributed by atoms with E-state index in [4.69, 9.17) is 0 Å². The Kier molecular flexibility index (Phi) is 6.32. The van der Waals surface area contributed by atoms with Gasteiger partial charge < -0.3 is 15.3 Å². The first-order chi connectivity index (χ1) is 7.65. The lowest BCUT2D eigenvalue weighted by Gasteiger charge is -2.24. The van der Waals surface area contributed by atoms with Crippen LogP contribution >= 0.6 is 0 Å². The van der Waals surface area contributed by atoms with Gasteiger partial charge in [-0.2, -0.15) is 0 Å². The molecule has 1 rings (SSSR count). The van der Waals surface area contributed by atoms with Crippen molar-refractivity contribution in [3.63, 3.8) is 0 Å². The van der Waals surface area contributed by atoms with Crippen molar-refractivity contribution in [2.75, 3.05) is 26.2 Å². The van der Waals surface area contributed by atoms with E-state index in [0.717, 1.165) is 25.4 Å². The van der Waals surface area contributed by atoms with Crippen molar-refractivity contribution >= 4 is 0 Å². The molecule has 0 bridgehead atoms. The molecule has 0 aromatic heterocycles. The van der Waals surface area contributed by atoms with Crippen LogP contribution in [0.25, 0.3) is 0 Å². The molecule has 16 heavy (non-hydrogen) atoms. The van der Waals surface area contributed by atoms with Crippen LogP contribution in [0.3, 0.4) is 0 Å². The maximum absolute atomic E-state index is 9.27. The second kappa shape index (κ2) is 7.25. The van der Waals surface area contributed by atoms with Crippen molar-refractivity contribution < 1.29 is 5.11 Å². The number of nitrogens with zero attached hydrogens (tertiary/aromatic N) is 1.